The zero-order valence-electron chi connectivity index (χ0n) is 9.34. The zero-order valence-corrected chi connectivity index (χ0v) is 10.2. The van der Waals surface area contributed by atoms with Gasteiger partial charge in [0.1, 0.15) is 0 Å². The van der Waals surface area contributed by atoms with Crippen LogP contribution >= 0.6 is 11.8 Å². The van der Waals surface area contributed by atoms with E-state index in [0.29, 0.717) is 11.8 Å². The van der Waals surface area contributed by atoms with Crippen molar-refractivity contribution in [1.29, 1.82) is 0 Å². The Morgan fingerprint density at radius 3 is 2.69 bits per heavy atom. The molecule has 1 saturated heterocycles. The molecule has 0 spiro atoms. The lowest BCUT2D eigenvalue weighted by atomic mass is 9.95. The monoisotopic (exact) mass is 238 g/mol. The Balaban J connectivity index is 1.81. The molecule has 2 atom stereocenters. The first-order valence-corrected chi connectivity index (χ1v) is 6.75. The number of aliphatic hydroxyl groups excluding tert-OH is 1. The second-order valence-electron chi connectivity index (χ2n) is 4.19. The summed E-state index contributed by atoms with van der Waals surface area (Å²) >= 11 is 1.89. The molecule has 0 saturated carbocycles. The predicted molar refractivity (Wildman–Crippen MR) is 66.7 cm³/mol. The Labute approximate surface area is 101 Å². The molecule has 0 aromatic heterocycles. The molecule has 2 rings (SSSR count). The topological polar surface area (TPSA) is 29.5 Å². The number of thioether (sulfide) groups is 1. The number of hydrogen-bond acceptors (Lipinski definition) is 3. The highest BCUT2D eigenvalue weighted by Crippen LogP contribution is 2.29. The van der Waals surface area contributed by atoms with Crippen molar-refractivity contribution in [2.75, 3.05) is 25.6 Å². The van der Waals surface area contributed by atoms with E-state index in [2.05, 4.69) is 24.3 Å². The molecule has 88 valence electrons. The van der Waals surface area contributed by atoms with Gasteiger partial charge in [-0.25, -0.2) is 0 Å². The minimum Gasteiger partial charge on any atom is -0.396 e. The Hall–Kier alpha value is -0.510. The maximum Gasteiger partial charge on any atom is 0.0505 e. The van der Waals surface area contributed by atoms with Gasteiger partial charge in [-0.1, -0.05) is 18.2 Å². The predicted octanol–water partition coefficient (Wildman–Crippen LogP) is 2.42. The van der Waals surface area contributed by atoms with Crippen LogP contribution in [0.4, 0.5) is 0 Å². The smallest absolute Gasteiger partial charge is 0.0505 e. The van der Waals surface area contributed by atoms with E-state index < -0.39 is 0 Å². The third kappa shape index (κ3) is 3.24. The molecule has 1 N–H and O–H groups in total. The van der Waals surface area contributed by atoms with Gasteiger partial charge in [-0.3, -0.25) is 0 Å². The summed E-state index contributed by atoms with van der Waals surface area (Å²) in [5.41, 5.74) is 0. The van der Waals surface area contributed by atoms with Crippen LogP contribution in [-0.4, -0.2) is 30.7 Å². The molecule has 0 amide bonds. The van der Waals surface area contributed by atoms with Crippen molar-refractivity contribution in [2.24, 2.45) is 11.8 Å². The molecule has 1 fully saturated rings. The van der Waals surface area contributed by atoms with Crippen molar-refractivity contribution in [1.82, 2.24) is 0 Å². The molecule has 3 heteroatoms. The quantitative estimate of drug-likeness (QED) is 0.799. The van der Waals surface area contributed by atoms with Gasteiger partial charge in [0, 0.05) is 23.9 Å². The van der Waals surface area contributed by atoms with Gasteiger partial charge >= 0.3 is 0 Å². The van der Waals surface area contributed by atoms with Crippen LogP contribution in [0.25, 0.3) is 0 Å². The summed E-state index contributed by atoms with van der Waals surface area (Å²) in [4.78, 5) is 1.32. The van der Waals surface area contributed by atoms with E-state index >= 15 is 0 Å². The zero-order chi connectivity index (χ0) is 11.2. The fourth-order valence-electron chi connectivity index (χ4n) is 2.03. The molecule has 1 aromatic rings. The third-order valence-corrected chi connectivity index (χ3v) is 4.24. The summed E-state index contributed by atoms with van der Waals surface area (Å²) < 4.78 is 5.49. The SMILES string of the molecule is OCCC1COCC1CSc1ccccc1. The molecule has 1 aliphatic rings. The first kappa shape index (κ1) is 12.0. The van der Waals surface area contributed by atoms with Crippen LogP contribution in [0.2, 0.25) is 0 Å². The largest absolute Gasteiger partial charge is 0.396 e. The summed E-state index contributed by atoms with van der Waals surface area (Å²) in [6.45, 7) is 1.95. The average Bonchev–Trinajstić information content (AvgIpc) is 2.76. The summed E-state index contributed by atoms with van der Waals surface area (Å²) in [5.74, 6) is 2.23. The van der Waals surface area contributed by atoms with E-state index in [-0.39, 0.29) is 6.61 Å². The summed E-state index contributed by atoms with van der Waals surface area (Å²) in [6.07, 6.45) is 0.875. The molecule has 1 aliphatic heterocycles. The van der Waals surface area contributed by atoms with Crippen LogP contribution < -0.4 is 0 Å². The Kier molecular flexibility index (Phi) is 4.69. The second kappa shape index (κ2) is 6.28. The van der Waals surface area contributed by atoms with Crippen molar-refractivity contribution in [3.63, 3.8) is 0 Å². The lowest BCUT2D eigenvalue weighted by molar-refractivity contribution is 0.174. The van der Waals surface area contributed by atoms with Gasteiger partial charge in [0.15, 0.2) is 0 Å². The number of ether oxygens (including phenoxy) is 1. The van der Waals surface area contributed by atoms with Gasteiger partial charge in [0.05, 0.1) is 6.61 Å². The number of aliphatic hydroxyl groups is 1. The highest BCUT2D eigenvalue weighted by atomic mass is 32.2. The van der Waals surface area contributed by atoms with Crippen molar-refractivity contribution < 1.29 is 9.84 Å². The minimum atomic E-state index is 0.278. The van der Waals surface area contributed by atoms with E-state index in [0.717, 1.165) is 25.4 Å². The fourth-order valence-corrected chi connectivity index (χ4v) is 3.16. The van der Waals surface area contributed by atoms with E-state index in [1.165, 1.54) is 4.90 Å². The standard InChI is InChI=1S/C13H18O2S/c14-7-6-11-8-15-9-12(11)10-16-13-4-2-1-3-5-13/h1-5,11-12,14H,6-10H2. The van der Waals surface area contributed by atoms with Crippen LogP contribution in [-0.2, 0) is 4.74 Å². The molecule has 0 bridgehead atoms. The van der Waals surface area contributed by atoms with Gasteiger partial charge in [0.25, 0.3) is 0 Å². The molecule has 2 nitrogen and oxygen atoms in total. The Bertz CT molecular complexity index is 302. The van der Waals surface area contributed by atoms with Crippen molar-refractivity contribution in [3.05, 3.63) is 30.3 Å². The highest BCUT2D eigenvalue weighted by molar-refractivity contribution is 7.99. The molecule has 0 radical (unpaired) electrons. The first-order valence-electron chi connectivity index (χ1n) is 5.76. The molecule has 16 heavy (non-hydrogen) atoms. The molecule has 1 heterocycles. The number of benzene rings is 1. The average molecular weight is 238 g/mol. The van der Waals surface area contributed by atoms with E-state index in [1.54, 1.807) is 0 Å². The van der Waals surface area contributed by atoms with Crippen molar-refractivity contribution >= 4 is 11.8 Å². The summed E-state index contributed by atoms with van der Waals surface area (Å²) in [5, 5.41) is 8.97. The Morgan fingerprint density at radius 1 is 1.19 bits per heavy atom. The van der Waals surface area contributed by atoms with Gasteiger partial charge in [-0.15, -0.1) is 11.8 Å². The van der Waals surface area contributed by atoms with Gasteiger partial charge in [-0.2, -0.15) is 0 Å². The molecule has 2 unspecified atom stereocenters. The molecular weight excluding hydrogens is 220 g/mol. The lowest BCUT2D eigenvalue weighted by Gasteiger charge is -2.15. The van der Waals surface area contributed by atoms with Crippen LogP contribution in [0.3, 0.4) is 0 Å². The van der Waals surface area contributed by atoms with Gasteiger partial charge in [-0.05, 0) is 30.4 Å². The molecular formula is C13H18O2S. The van der Waals surface area contributed by atoms with Crippen LogP contribution in [0.1, 0.15) is 6.42 Å². The van der Waals surface area contributed by atoms with Crippen LogP contribution in [0.15, 0.2) is 35.2 Å². The van der Waals surface area contributed by atoms with Crippen molar-refractivity contribution in [3.8, 4) is 0 Å². The van der Waals surface area contributed by atoms with Crippen LogP contribution in [0, 0.1) is 11.8 Å². The minimum absolute atomic E-state index is 0.278. The van der Waals surface area contributed by atoms with E-state index in [1.807, 2.05) is 17.8 Å². The third-order valence-electron chi connectivity index (χ3n) is 3.04. The lowest BCUT2D eigenvalue weighted by Crippen LogP contribution is -2.16. The normalized spacial score (nSPS) is 24.8. The van der Waals surface area contributed by atoms with Crippen molar-refractivity contribution in [2.45, 2.75) is 11.3 Å². The molecule has 1 aromatic carbocycles. The van der Waals surface area contributed by atoms with E-state index in [9.17, 15) is 0 Å². The maximum atomic E-state index is 8.97. The van der Waals surface area contributed by atoms with Gasteiger partial charge < -0.3 is 9.84 Å². The summed E-state index contributed by atoms with van der Waals surface area (Å²) in [7, 11) is 0. The Morgan fingerprint density at radius 2 is 1.94 bits per heavy atom. The summed E-state index contributed by atoms with van der Waals surface area (Å²) in [6, 6.07) is 10.5. The first-order chi connectivity index (χ1) is 7.90. The maximum absolute atomic E-state index is 8.97. The highest BCUT2D eigenvalue weighted by Gasteiger charge is 2.27. The van der Waals surface area contributed by atoms with E-state index in [4.69, 9.17) is 9.84 Å². The fraction of sp³-hybridized carbons (Fsp3) is 0.538. The van der Waals surface area contributed by atoms with Crippen LogP contribution in [0.5, 0.6) is 0 Å². The second-order valence-corrected chi connectivity index (χ2v) is 5.29. The number of hydrogen-bond donors (Lipinski definition) is 1. The molecule has 0 aliphatic carbocycles. The number of rotatable bonds is 5. The van der Waals surface area contributed by atoms with Gasteiger partial charge in [0.2, 0.25) is 0 Å².